The molecular weight excluding hydrogens is 334 g/mol. The lowest BCUT2D eigenvalue weighted by atomic mass is 9.80. The third kappa shape index (κ3) is 3.29. The number of benzene rings is 3. The second-order valence-electron chi connectivity index (χ2n) is 5.57. The summed E-state index contributed by atoms with van der Waals surface area (Å²) in [5, 5.41) is 0.514. The molecular formula is C21H18ClNO2. The van der Waals surface area contributed by atoms with Gasteiger partial charge in [0.15, 0.2) is 5.60 Å². The molecule has 3 rings (SSSR count). The zero-order valence-electron chi connectivity index (χ0n) is 13.6. The van der Waals surface area contributed by atoms with Gasteiger partial charge in [-0.05, 0) is 6.07 Å². The summed E-state index contributed by atoms with van der Waals surface area (Å²) in [5.41, 5.74) is 6.67. The zero-order valence-corrected chi connectivity index (χ0v) is 14.3. The van der Waals surface area contributed by atoms with Gasteiger partial charge in [-0.25, -0.2) is 0 Å². The summed E-state index contributed by atoms with van der Waals surface area (Å²) in [6, 6.07) is 26.5. The topological polar surface area (TPSA) is 52.3 Å². The van der Waals surface area contributed by atoms with Crippen molar-refractivity contribution in [3.05, 3.63) is 107 Å². The minimum atomic E-state index is -1.17. The molecule has 0 aliphatic rings. The van der Waals surface area contributed by atoms with Crippen LogP contribution < -0.4 is 5.73 Å². The number of esters is 1. The van der Waals surface area contributed by atoms with E-state index in [0.717, 1.165) is 11.1 Å². The maximum Gasteiger partial charge on any atom is 0.321 e. The number of hydrogen-bond acceptors (Lipinski definition) is 3. The van der Waals surface area contributed by atoms with Crippen LogP contribution in [0.5, 0.6) is 0 Å². The molecule has 0 bridgehead atoms. The molecule has 0 radical (unpaired) electrons. The van der Waals surface area contributed by atoms with Crippen molar-refractivity contribution >= 4 is 17.6 Å². The highest BCUT2D eigenvalue weighted by Gasteiger charge is 2.41. The van der Waals surface area contributed by atoms with Crippen LogP contribution in [0.25, 0.3) is 0 Å². The molecule has 0 heterocycles. The van der Waals surface area contributed by atoms with Crippen molar-refractivity contribution in [2.45, 2.75) is 5.60 Å². The molecule has 0 aromatic heterocycles. The minimum absolute atomic E-state index is 0.216. The van der Waals surface area contributed by atoms with E-state index in [2.05, 4.69) is 0 Å². The molecule has 25 heavy (non-hydrogen) atoms. The van der Waals surface area contributed by atoms with Gasteiger partial charge in [0.1, 0.15) is 0 Å². The maximum absolute atomic E-state index is 12.3. The molecule has 3 nitrogen and oxygen atoms in total. The Bertz CT molecular complexity index is 811. The Kier molecular flexibility index (Phi) is 5.17. The monoisotopic (exact) mass is 351 g/mol. The van der Waals surface area contributed by atoms with Crippen LogP contribution in [0.2, 0.25) is 5.02 Å². The molecule has 4 heteroatoms. The standard InChI is InChI=1S/C21H18ClNO2/c22-19-14-8-7-13-18(19)21(25-20(24)15-23,16-9-3-1-4-10-16)17-11-5-2-6-12-17/h1-14H,15,23H2. The first-order valence-corrected chi connectivity index (χ1v) is 8.34. The molecule has 126 valence electrons. The average molecular weight is 352 g/mol. The normalized spacial score (nSPS) is 11.1. The van der Waals surface area contributed by atoms with E-state index in [1.54, 1.807) is 6.07 Å². The molecule has 0 saturated carbocycles. The smallest absolute Gasteiger partial charge is 0.321 e. The lowest BCUT2D eigenvalue weighted by Crippen LogP contribution is -2.37. The highest BCUT2D eigenvalue weighted by atomic mass is 35.5. The second-order valence-corrected chi connectivity index (χ2v) is 5.98. The van der Waals surface area contributed by atoms with E-state index >= 15 is 0 Å². The first-order valence-electron chi connectivity index (χ1n) is 7.96. The molecule has 0 saturated heterocycles. The van der Waals surface area contributed by atoms with E-state index in [1.807, 2.05) is 78.9 Å². The summed E-state index contributed by atoms with van der Waals surface area (Å²) in [7, 11) is 0. The van der Waals surface area contributed by atoms with Crippen LogP contribution >= 0.6 is 11.6 Å². The number of rotatable bonds is 5. The van der Waals surface area contributed by atoms with Crippen molar-refractivity contribution in [1.82, 2.24) is 0 Å². The Hall–Kier alpha value is -2.62. The van der Waals surface area contributed by atoms with Crippen LogP contribution in [0.15, 0.2) is 84.9 Å². The van der Waals surface area contributed by atoms with Crippen molar-refractivity contribution in [3.63, 3.8) is 0 Å². The van der Waals surface area contributed by atoms with Crippen LogP contribution in [0.4, 0.5) is 0 Å². The number of hydrogen-bond donors (Lipinski definition) is 1. The fourth-order valence-corrected chi connectivity index (χ4v) is 3.22. The van der Waals surface area contributed by atoms with Crippen LogP contribution in [-0.2, 0) is 15.1 Å². The molecule has 0 fully saturated rings. The first-order chi connectivity index (χ1) is 12.2. The quantitative estimate of drug-likeness (QED) is 0.555. The third-order valence-electron chi connectivity index (χ3n) is 4.05. The lowest BCUT2D eigenvalue weighted by Gasteiger charge is -2.35. The molecule has 0 aliphatic heterocycles. The summed E-state index contributed by atoms with van der Waals surface area (Å²) in [6.45, 7) is -0.216. The summed E-state index contributed by atoms with van der Waals surface area (Å²) in [5.74, 6) is -0.507. The molecule has 3 aromatic rings. The highest BCUT2D eigenvalue weighted by Crippen LogP contribution is 2.43. The van der Waals surface area contributed by atoms with Crippen molar-refractivity contribution in [3.8, 4) is 0 Å². The molecule has 0 amide bonds. The van der Waals surface area contributed by atoms with E-state index < -0.39 is 11.6 Å². The number of carbonyl (C=O) groups excluding carboxylic acids is 1. The number of halogens is 1. The van der Waals surface area contributed by atoms with E-state index in [0.29, 0.717) is 10.6 Å². The van der Waals surface area contributed by atoms with Crippen molar-refractivity contribution in [2.24, 2.45) is 5.73 Å². The van der Waals surface area contributed by atoms with Gasteiger partial charge in [-0.2, -0.15) is 0 Å². The fraction of sp³-hybridized carbons (Fsp3) is 0.0952. The van der Waals surface area contributed by atoms with Gasteiger partial charge in [0.2, 0.25) is 0 Å². The molecule has 0 spiro atoms. The Morgan fingerprint density at radius 3 is 1.80 bits per heavy atom. The van der Waals surface area contributed by atoms with Crippen LogP contribution in [0, 0.1) is 0 Å². The molecule has 2 N–H and O–H groups in total. The number of nitrogens with two attached hydrogens (primary N) is 1. The van der Waals surface area contributed by atoms with Gasteiger partial charge in [-0.3, -0.25) is 4.79 Å². The van der Waals surface area contributed by atoms with Gasteiger partial charge in [-0.1, -0.05) is 90.5 Å². The predicted octanol–water partition coefficient (Wildman–Crippen LogP) is 4.13. The minimum Gasteiger partial charge on any atom is -0.443 e. The van der Waals surface area contributed by atoms with Gasteiger partial charge >= 0.3 is 5.97 Å². The van der Waals surface area contributed by atoms with Gasteiger partial charge in [-0.15, -0.1) is 0 Å². The van der Waals surface area contributed by atoms with Gasteiger partial charge in [0.25, 0.3) is 0 Å². The Balaban J connectivity index is 2.35. The number of ether oxygens (including phenoxy) is 1. The summed E-state index contributed by atoms with van der Waals surface area (Å²) < 4.78 is 5.98. The summed E-state index contributed by atoms with van der Waals surface area (Å²) in [6.07, 6.45) is 0. The molecule has 0 aliphatic carbocycles. The molecule has 3 aromatic carbocycles. The largest absolute Gasteiger partial charge is 0.443 e. The van der Waals surface area contributed by atoms with Crippen molar-refractivity contribution in [2.75, 3.05) is 6.54 Å². The highest BCUT2D eigenvalue weighted by molar-refractivity contribution is 6.31. The SMILES string of the molecule is NCC(=O)OC(c1ccccc1)(c1ccccc1)c1ccccc1Cl. The lowest BCUT2D eigenvalue weighted by molar-refractivity contribution is -0.151. The Morgan fingerprint density at radius 1 is 0.840 bits per heavy atom. The Morgan fingerprint density at radius 2 is 1.32 bits per heavy atom. The van der Waals surface area contributed by atoms with E-state index in [4.69, 9.17) is 22.1 Å². The Labute approximate surface area is 152 Å². The number of carbonyl (C=O) groups is 1. The summed E-state index contributed by atoms with van der Waals surface area (Å²) >= 11 is 6.51. The van der Waals surface area contributed by atoms with E-state index in [1.165, 1.54) is 0 Å². The maximum atomic E-state index is 12.3. The van der Waals surface area contributed by atoms with Crippen LogP contribution in [0.1, 0.15) is 16.7 Å². The van der Waals surface area contributed by atoms with Gasteiger partial charge < -0.3 is 10.5 Å². The first kappa shape index (κ1) is 17.2. The summed E-state index contributed by atoms with van der Waals surface area (Å²) in [4.78, 5) is 12.3. The van der Waals surface area contributed by atoms with E-state index in [-0.39, 0.29) is 6.54 Å². The van der Waals surface area contributed by atoms with Crippen molar-refractivity contribution < 1.29 is 9.53 Å². The van der Waals surface area contributed by atoms with Gasteiger partial charge in [0.05, 0.1) is 6.54 Å². The van der Waals surface area contributed by atoms with Gasteiger partial charge in [0, 0.05) is 21.7 Å². The average Bonchev–Trinajstić information content (AvgIpc) is 2.68. The third-order valence-corrected chi connectivity index (χ3v) is 4.38. The van der Waals surface area contributed by atoms with E-state index in [9.17, 15) is 4.79 Å². The second kappa shape index (κ2) is 7.51. The molecule has 0 unspecified atom stereocenters. The fourth-order valence-electron chi connectivity index (χ4n) is 2.96. The predicted molar refractivity (Wildman–Crippen MR) is 99.4 cm³/mol. The van der Waals surface area contributed by atoms with Crippen LogP contribution in [-0.4, -0.2) is 12.5 Å². The van der Waals surface area contributed by atoms with Crippen molar-refractivity contribution in [1.29, 1.82) is 0 Å². The van der Waals surface area contributed by atoms with Crippen LogP contribution in [0.3, 0.4) is 0 Å². The molecule has 0 atom stereocenters. The zero-order chi connectivity index (χ0) is 17.7.